The van der Waals surface area contributed by atoms with E-state index in [9.17, 15) is 9.59 Å². The van der Waals surface area contributed by atoms with E-state index >= 15 is 0 Å². The van der Waals surface area contributed by atoms with Crippen LogP contribution in [0.4, 0.5) is 0 Å². The summed E-state index contributed by atoms with van der Waals surface area (Å²) in [6.45, 7) is 10.6. The molecule has 1 rings (SSSR count). The maximum Gasteiger partial charge on any atom is 0.246 e. The third kappa shape index (κ3) is 2.79. The Morgan fingerprint density at radius 3 is 2.18 bits per heavy atom. The summed E-state index contributed by atoms with van der Waals surface area (Å²) in [5, 5.41) is 2.86. The van der Waals surface area contributed by atoms with Crippen LogP contribution >= 0.6 is 0 Å². The second-order valence-electron chi connectivity index (χ2n) is 5.45. The van der Waals surface area contributed by atoms with Crippen LogP contribution in [-0.2, 0) is 9.59 Å². The second kappa shape index (κ2) is 5.52. The molecule has 2 unspecified atom stereocenters. The van der Waals surface area contributed by atoms with Gasteiger partial charge in [-0.1, -0.05) is 34.6 Å². The summed E-state index contributed by atoms with van der Waals surface area (Å²) in [6, 6.07) is -0.665. The quantitative estimate of drug-likeness (QED) is 0.807. The third-order valence-corrected chi connectivity index (χ3v) is 3.21. The molecule has 1 saturated heterocycles. The van der Waals surface area contributed by atoms with E-state index in [1.165, 1.54) is 0 Å². The molecule has 1 fully saturated rings. The first-order valence-corrected chi connectivity index (χ1v) is 6.51. The molecule has 1 N–H and O–H groups in total. The minimum Gasteiger partial charge on any atom is -0.342 e. The van der Waals surface area contributed by atoms with Gasteiger partial charge in [-0.15, -0.1) is 0 Å². The first-order chi connectivity index (χ1) is 7.90. The van der Waals surface area contributed by atoms with Crippen molar-refractivity contribution in [3.8, 4) is 0 Å². The highest BCUT2D eigenvalue weighted by Gasteiger charge is 2.42. The fourth-order valence-electron chi connectivity index (χ4n) is 2.36. The third-order valence-electron chi connectivity index (χ3n) is 3.21. The number of amides is 2. The number of carbonyl (C=O) groups excluding carboxylic acids is 2. The van der Waals surface area contributed by atoms with Crippen molar-refractivity contribution in [2.45, 2.75) is 53.1 Å². The van der Waals surface area contributed by atoms with E-state index in [-0.39, 0.29) is 35.7 Å². The van der Waals surface area contributed by atoms with Gasteiger partial charge >= 0.3 is 0 Å². The molecule has 0 aliphatic carbocycles. The fourth-order valence-corrected chi connectivity index (χ4v) is 2.36. The molecule has 4 heteroatoms. The summed E-state index contributed by atoms with van der Waals surface area (Å²) in [4.78, 5) is 26.2. The van der Waals surface area contributed by atoms with E-state index < -0.39 is 0 Å². The lowest BCUT2D eigenvalue weighted by Gasteiger charge is -2.42. The molecule has 1 heterocycles. The highest BCUT2D eigenvalue weighted by Crippen LogP contribution is 2.20. The molecule has 0 aromatic heterocycles. The van der Waals surface area contributed by atoms with Gasteiger partial charge in [0.25, 0.3) is 0 Å². The van der Waals surface area contributed by atoms with Gasteiger partial charge in [0.05, 0.1) is 0 Å². The molecule has 1 aliphatic rings. The topological polar surface area (TPSA) is 49.4 Å². The van der Waals surface area contributed by atoms with E-state index in [0.717, 1.165) is 6.42 Å². The predicted octanol–water partition coefficient (Wildman–Crippen LogP) is 1.40. The van der Waals surface area contributed by atoms with Crippen LogP contribution in [0.5, 0.6) is 0 Å². The van der Waals surface area contributed by atoms with Crippen molar-refractivity contribution in [1.29, 1.82) is 0 Å². The van der Waals surface area contributed by atoms with Crippen molar-refractivity contribution in [2.24, 2.45) is 11.8 Å². The Bertz CT molecular complexity index is 300. The maximum atomic E-state index is 12.3. The van der Waals surface area contributed by atoms with Gasteiger partial charge in [-0.05, 0) is 18.3 Å². The van der Waals surface area contributed by atoms with Crippen LogP contribution in [-0.4, -0.2) is 35.3 Å². The molecular formula is C13H24N2O2. The molecule has 98 valence electrons. The highest BCUT2D eigenvalue weighted by molar-refractivity contribution is 5.97. The largest absolute Gasteiger partial charge is 0.342 e. The van der Waals surface area contributed by atoms with Crippen LogP contribution in [0.25, 0.3) is 0 Å². The fraction of sp³-hybridized carbons (Fsp3) is 0.846. The SMILES string of the molecule is CCCN1C(=O)C(C(C)C)NC(=O)C1C(C)C. The zero-order valence-electron chi connectivity index (χ0n) is 11.5. The van der Waals surface area contributed by atoms with Crippen molar-refractivity contribution in [2.75, 3.05) is 6.54 Å². The zero-order chi connectivity index (χ0) is 13.2. The van der Waals surface area contributed by atoms with Gasteiger partial charge < -0.3 is 10.2 Å². The summed E-state index contributed by atoms with van der Waals surface area (Å²) >= 11 is 0. The van der Waals surface area contributed by atoms with Crippen LogP contribution in [0.15, 0.2) is 0 Å². The zero-order valence-corrected chi connectivity index (χ0v) is 11.5. The standard InChI is InChI=1S/C13H24N2O2/c1-6-7-15-11(9(4)5)12(16)14-10(8(2)3)13(15)17/h8-11H,6-7H2,1-5H3,(H,14,16). The molecular weight excluding hydrogens is 216 g/mol. The second-order valence-corrected chi connectivity index (χ2v) is 5.45. The van der Waals surface area contributed by atoms with Crippen molar-refractivity contribution in [3.05, 3.63) is 0 Å². The number of hydrogen-bond donors (Lipinski definition) is 1. The molecule has 2 atom stereocenters. The minimum atomic E-state index is -0.357. The lowest BCUT2D eigenvalue weighted by molar-refractivity contribution is -0.152. The first kappa shape index (κ1) is 14.0. The van der Waals surface area contributed by atoms with Crippen molar-refractivity contribution in [3.63, 3.8) is 0 Å². The van der Waals surface area contributed by atoms with Crippen LogP contribution in [0.3, 0.4) is 0 Å². The number of carbonyl (C=O) groups is 2. The Morgan fingerprint density at radius 2 is 1.76 bits per heavy atom. The molecule has 0 spiro atoms. The number of nitrogens with zero attached hydrogens (tertiary/aromatic N) is 1. The molecule has 0 bridgehead atoms. The molecule has 0 saturated carbocycles. The van der Waals surface area contributed by atoms with Crippen LogP contribution in [0.2, 0.25) is 0 Å². The van der Waals surface area contributed by atoms with Crippen LogP contribution in [0, 0.1) is 11.8 Å². The molecule has 1 aliphatic heterocycles. The molecule has 0 aromatic carbocycles. The number of piperazine rings is 1. The maximum absolute atomic E-state index is 12.3. The van der Waals surface area contributed by atoms with E-state index in [1.54, 1.807) is 4.90 Å². The average molecular weight is 240 g/mol. The molecule has 17 heavy (non-hydrogen) atoms. The summed E-state index contributed by atoms with van der Waals surface area (Å²) < 4.78 is 0. The van der Waals surface area contributed by atoms with Crippen molar-refractivity contribution < 1.29 is 9.59 Å². The van der Waals surface area contributed by atoms with Gasteiger partial charge in [0.2, 0.25) is 11.8 Å². The van der Waals surface area contributed by atoms with Crippen LogP contribution < -0.4 is 5.32 Å². The van der Waals surface area contributed by atoms with E-state index in [4.69, 9.17) is 0 Å². The Balaban J connectivity index is 2.97. The van der Waals surface area contributed by atoms with Gasteiger partial charge in [-0.2, -0.15) is 0 Å². The summed E-state index contributed by atoms with van der Waals surface area (Å²) in [5.41, 5.74) is 0. The van der Waals surface area contributed by atoms with Crippen LogP contribution in [0.1, 0.15) is 41.0 Å². The lowest BCUT2D eigenvalue weighted by Crippen LogP contribution is -2.66. The van der Waals surface area contributed by atoms with E-state index in [0.29, 0.717) is 6.54 Å². The summed E-state index contributed by atoms with van der Waals surface area (Å²) in [6.07, 6.45) is 0.882. The molecule has 4 nitrogen and oxygen atoms in total. The minimum absolute atomic E-state index is 0.00764. The van der Waals surface area contributed by atoms with Gasteiger partial charge in [0, 0.05) is 6.54 Å². The normalized spacial score (nSPS) is 25.7. The Kier molecular flexibility index (Phi) is 4.54. The van der Waals surface area contributed by atoms with Crippen molar-refractivity contribution in [1.82, 2.24) is 10.2 Å². The van der Waals surface area contributed by atoms with E-state index in [1.807, 2.05) is 34.6 Å². The number of nitrogens with one attached hydrogen (secondary N) is 1. The van der Waals surface area contributed by atoms with Gasteiger partial charge in [0.1, 0.15) is 12.1 Å². The summed E-state index contributed by atoms with van der Waals surface area (Å²) in [5.74, 6) is 0.351. The van der Waals surface area contributed by atoms with Crippen molar-refractivity contribution >= 4 is 11.8 Å². The molecule has 2 amide bonds. The van der Waals surface area contributed by atoms with Gasteiger partial charge in [0.15, 0.2) is 0 Å². The summed E-state index contributed by atoms with van der Waals surface area (Å²) in [7, 11) is 0. The molecule has 0 aromatic rings. The highest BCUT2D eigenvalue weighted by atomic mass is 16.2. The Labute approximate surface area is 104 Å². The Hall–Kier alpha value is -1.06. The molecule has 0 radical (unpaired) electrons. The van der Waals surface area contributed by atoms with E-state index in [2.05, 4.69) is 5.32 Å². The lowest BCUT2D eigenvalue weighted by atomic mass is 9.93. The smallest absolute Gasteiger partial charge is 0.246 e. The monoisotopic (exact) mass is 240 g/mol. The first-order valence-electron chi connectivity index (χ1n) is 6.51. The average Bonchev–Trinajstić information content (AvgIpc) is 2.22. The number of hydrogen-bond acceptors (Lipinski definition) is 2. The van der Waals surface area contributed by atoms with Gasteiger partial charge in [-0.25, -0.2) is 0 Å². The number of rotatable bonds is 4. The predicted molar refractivity (Wildman–Crippen MR) is 67.4 cm³/mol. The van der Waals surface area contributed by atoms with Gasteiger partial charge in [-0.3, -0.25) is 9.59 Å². The Morgan fingerprint density at radius 1 is 1.18 bits per heavy atom.